The first kappa shape index (κ1) is 24.1. The molecule has 3 fully saturated rings. The monoisotopic (exact) mass is 506 g/mol. The van der Waals surface area contributed by atoms with Gasteiger partial charge in [-0.2, -0.15) is 0 Å². The number of piperidine rings is 1. The van der Waals surface area contributed by atoms with E-state index in [0.717, 1.165) is 17.7 Å². The second-order valence-corrected chi connectivity index (χ2v) is 8.74. The molecule has 0 aliphatic carbocycles. The third-order valence-corrected chi connectivity index (χ3v) is 6.49. The van der Waals surface area contributed by atoms with Crippen molar-refractivity contribution in [1.29, 1.82) is 0 Å². The molecule has 9 nitrogen and oxygen atoms in total. The maximum absolute atomic E-state index is 13.5. The topological polar surface area (TPSA) is 94.6 Å². The number of esters is 1. The van der Waals surface area contributed by atoms with Crippen molar-refractivity contribution in [2.75, 3.05) is 26.2 Å². The molecule has 12 heteroatoms. The normalized spacial score (nSPS) is 21.2. The molecule has 0 bridgehead atoms. The van der Waals surface area contributed by atoms with Gasteiger partial charge < -0.3 is 23.9 Å². The van der Waals surface area contributed by atoms with Crippen LogP contribution in [0, 0.1) is 17.5 Å². The number of hydroxylamine groups is 2. The van der Waals surface area contributed by atoms with Crippen molar-refractivity contribution in [3.05, 3.63) is 59.4 Å². The molecule has 3 aliphatic heterocycles. The molecule has 1 atom stereocenters. The lowest BCUT2D eigenvalue weighted by Crippen LogP contribution is -2.57. The van der Waals surface area contributed by atoms with E-state index in [1.165, 1.54) is 0 Å². The van der Waals surface area contributed by atoms with Crippen molar-refractivity contribution < 1.29 is 46.6 Å². The van der Waals surface area contributed by atoms with Gasteiger partial charge in [0.2, 0.25) is 0 Å². The second-order valence-electron chi connectivity index (χ2n) is 8.74. The molecule has 3 saturated heterocycles. The van der Waals surface area contributed by atoms with Crippen LogP contribution >= 0.6 is 0 Å². The highest BCUT2D eigenvalue weighted by molar-refractivity contribution is 6.30. The minimum atomic E-state index is -1.50. The number of fused-ring (bicyclic) bond motifs is 2. The summed E-state index contributed by atoms with van der Waals surface area (Å²) < 4.78 is 56.4. The number of nitrogens with zero attached hydrogens (tertiary/aromatic N) is 2. The SMILES string of the molecule is O=C1OC2N(OC1=O)C(=O)OC21CCN(CCOCc2ccc(-c3cc(F)c(F)c(F)c3)cc2)CC1. The predicted molar refractivity (Wildman–Crippen MR) is 114 cm³/mol. The van der Waals surface area contributed by atoms with Crippen molar-refractivity contribution in [3.8, 4) is 11.1 Å². The summed E-state index contributed by atoms with van der Waals surface area (Å²) in [5.74, 6) is -6.40. The molecule has 2 aromatic carbocycles. The number of amides is 1. The lowest BCUT2D eigenvalue weighted by Gasteiger charge is -2.40. The summed E-state index contributed by atoms with van der Waals surface area (Å²) in [5.41, 5.74) is 0.566. The number of benzene rings is 2. The third kappa shape index (κ3) is 4.49. The fraction of sp³-hybridized carbons (Fsp3) is 0.375. The van der Waals surface area contributed by atoms with Crippen LogP contribution in [0.1, 0.15) is 18.4 Å². The Labute approximate surface area is 203 Å². The summed E-state index contributed by atoms with van der Waals surface area (Å²) in [4.78, 5) is 41.8. The molecule has 36 heavy (non-hydrogen) atoms. The first-order chi connectivity index (χ1) is 17.3. The number of rotatable bonds is 6. The lowest BCUT2D eigenvalue weighted by molar-refractivity contribution is -0.251. The Kier molecular flexibility index (Phi) is 6.31. The summed E-state index contributed by atoms with van der Waals surface area (Å²) >= 11 is 0. The van der Waals surface area contributed by atoms with E-state index in [9.17, 15) is 27.6 Å². The molecule has 1 amide bonds. The highest BCUT2D eigenvalue weighted by atomic mass is 19.2. The lowest BCUT2D eigenvalue weighted by atomic mass is 9.89. The fourth-order valence-corrected chi connectivity index (χ4v) is 4.50. The molecule has 3 aliphatic rings. The smallest absolute Gasteiger partial charge is 0.434 e. The molecule has 2 aromatic rings. The maximum Gasteiger partial charge on any atom is 0.447 e. The van der Waals surface area contributed by atoms with E-state index < -0.39 is 47.3 Å². The van der Waals surface area contributed by atoms with Crippen LogP contribution in [0.25, 0.3) is 11.1 Å². The summed E-state index contributed by atoms with van der Waals surface area (Å²) in [6.07, 6.45) is -1.19. The Hall–Kier alpha value is -3.64. The summed E-state index contributed by atoms with van der Waals surface area (Å²) in [7, 11) is 0. The van der Waals surface area contributed by atoms with Crippen LogP contribution in [0.3, 0.4) is 0 Å². The fourth-order valence-electron chi connectivity index (χ4n) is 4.50. The van der Waals surface area contributed by atoms with E-state index >= 15 is 0 Å². The van der Waals surface area contributed by atoms with Gasteiger partial charge in [-0.25, -0.2) is 27.6 Å². The van der Waals surface area contributed by atoms with Crippen molar-refractivity contribution >= 4 is 18.0 Å². The number of carbonyl (C=O) groups excluding carboxylic acids is 3. The molecule has 1 spiro atoms. The van der Waals surface area contributed by atoms with Crippen molar-refractivity contribution in [3.63, 3.8) is 0 Å². The summed E-state index contributed by atoms with van der Waals surface area (Å²) in [6, 6.07) is 8.77. The zero-order valence-electron chi connectivity index (χ0n) is 18.9. The molecule has 0 saturated carbocycles. The van der Waals surface area contributed by atoms with E-state index in [1.807, 2.05) is 0 Å². The summed E-state index contributed by atoms with van der Waals surface area (Å²) in [5, 5.41) is 0.677. The Balaban J connectivity index is 1.08. The molecular formula is C24H21F3N2O7. The second kappa shape index (κ2) is 9.43. The quantitative estimate of drug-likeness (QED) is 0.256. The zero-order chi connectivity index (χ0) is 25.4. The van der Waals surface area contributed by atoms with Crippen LogP contribution in [0.15, 0.2) is 36.4 Å². The highest BCUT2D eigenvalue weighted by Gasteiger charge is 2.62. The van der Waals surface area contributed by atoms with Crippen LogP contribution in [0.5, 0.6) is 0 Å². The van der Waals surface area contributed by atoms with Crippen LogP contribution in [0.4, 0.5) is 18.0 Å². The van der Waals surface area contributed by atoms with Gasteiger partial charge in [0.25, 0.3) is 6.23 Å². The Bertz CT molecular complexity index is 1180. The highest BCUT2D eigenvalue weighted by Crippen LogP contribution is 2.40. The van der Waals surface area contributed by atoms with E-state index in [0.29, 0.717) is 56.3 Å². The maximum atomic E-state index is 13.5. The average molecular weight is 506 g/mol. The molecule has 1 unspecified atom stereocenters. The number of ether oxygens (including phenoxy) is 3. The molecule has 3 heterocycles. The van der Waals surface area contributed by atoms with E-state index in [-0.39, 0.29) is 5.56 Å². The van der Waals surface area contributed by atoms with Crippen LogP contribution in [0.2, 0.25) is 0 Å². The number of halogens is 3. The molecule has 5 rings (SSSR count). The molecule has 0 N–H and O–H groups in total. The number of carbonyl (C=O) groups is 3. The number of likely N-dealkylation sites (tertiary alicyclic amines) is 1. The largest absolute Gasteiger partial charge is 0.447 e. The van der Waals surface area contributed by atoms with Gasteiger partial charge in [0.15, 0.2) is 23.1 Å². The van der Waals surface area contributed by atoms with Gasteiger partial charge in [0, 0.05) is 32.5 Å². The predicted octanol–water partition coefficient (Wildman–Crippen LogP) is 2.92. The molecule has 190 valence electrons. The van der Waals surface area contributed by atoms with Crippen molar-refractivity contribution in [1.82, 2.24) is 9.96 Å². The van der Waals surface area contributed by atoms with Crippen molar-refractivity contribution in [2.45, 2.75) is 31.3 Å². The van der Waals surface area contributed by atoms with Gasteiger partial charge in [-0.05, 0) is 28.8 Å². The van der Waals surface area contributed by atoms with E-state index in [4.69, 9.17) is 19.0 Å². The Morgan fingerprint density at radius 3 is 2.28 bits per heavy atom. The van der Waals surface area contributed by atoms with Gasteiger partial charge in [0.1, 0.15) is 0 Å². The van der Waals surface area contributed by atoms with E-state index in [1.54, 1.807) is 24.3 Å². The minimum absolute atomic E-state index is 0.235. The third-order valence-electron chi connectivity index (χ3n) is 6.49. The van der Waals surface area contributed by atoms with Crippen LogP contribution in [-0.4, -0.2) is 66.1 Å². The zero-order valence-corrected chi connectivity index (χ0v) is 18.9. The standard InChI is InChI=1S/C24H21F3N2O7/c25-17-11-16(12-18(26)19(17)27)15-3-1-14(2-4-15)13-33-10-9-28-7-5-24(6-8-28)22-29(23(32)35-24)36-21(31)20(30)34-22/h1-4,11-12,22H,5-10,13H2. The first-order valence-corrected chi connectivity index (χ1v) is 11.2. The van der Waals surface area contributed by atoms with Crippen LogP contribution in [-0.2, 0) is 35.2 Å². The van der Waals surface area contributed by atoms with Gasteiger partial charge in [-0.3, -0.25) is 0 Å². The molecule has 0 radical (unpaired) electrons. The van der Waals surface area contributed by atoms with Gasteiger partial charge in [-0.1, -0.05) is 29.3 Å². The van der Waals surface area contributed by atoms with Gasteiger partial charge >= 0.3 is 18.0 Å². The minimum Gasteiger partial charge on any atom is -0.434 e. The van der Waals surface area contributed by atoms with Gasteiger partial charge in [0.05, 0.1) is 13.2 Å². The average Bonchev–Trinajstić information content (AvgIpc) is 3.12. The molecular weight excluding hydrogens is 485 g/mol. The Morgan fingerprint density at radius 2 is 1.61 bits per heavy atom. The van der Waals surface area contributed by atoms with Crippen LogP contribution < -0.4 is 0 Å². The van der Waals surface area contributed by atoms with E-state index in [2.05, 4.69) is 4.90 Å². The summed E-state index contributed by atoms with van der Waals surface area (Å²) in [6.45, 7) is 2.45. The number of hydrogen-bond acceptors (Lipinski definition) is 8. The number of hydrogen-bond donors (Lipinski definition) is 0. The first-order valence-electron chi connectivity index (χ1n) is 11.2. The molecule has 0 aromatic heterocycles. The van der Waals surface area contributed by atoms with Gasteiger partial charge in [-0.15, -0.1) is 0 Å². The van der Waals surface area contributed by atoms with Crippen molar-refractivity contribution in [2.24, 2.45) is 0 Å². The Morgan fingerprint density at radius 1 is 0.944 bits per heavy atom.